The first kappa shape index (κ1) is 18.0. The molecule has 11 heteroatoms. The van der Waals surface area contributed by atoms with Gasteiger partial charge in [-0.15, -0.1) is 5.10 Å². The largest absolute Gasteiger partial charge is 0.352 e. The van der Waals surface area contributed by atoms with Crippen molar-refractivity contribution >= 4 is 27.9 Å². The van der Waals surface area contributed by atoms with E-state index >= 15 is 0 Å². The van der Waals surface area contributed by atoms with E-state index in [1.165, 1.54) is 5.56 Å². The van der Waals surface area contributed by atoms with E-state index < -0.39 is 22.1 Å². The molecule has 0 atom stereocenters. The molecule has 146 valence electrons. The number of nitrogens with zero attached hydrogens (tertiary/aromatic N) is 6. The fourth-order valence-electron chi connectivity index (χ4n) is 3.77. The molecule has 27 heavy (non-hydrogen) atoms. The first-order chi connectivity index (χ1) is 12.8. The molecule has 0 radical (unpaired) electrons. The summed E-state index contributed by atoms with van der Waals surface area (Å²) in [5.74, 6) is 0.822. The van der Waals surface area contributed by atoms with Crippen LogP contribution in [0.1, 0.15) is 17.7 Å². The number of amides is 4. The Morgan fingerprint density at radius 2 is 1.78 bits per heavy atom. The molecule has 10 nitrogen and oxygen atoms in total. The maximum absolute atomic E-state index is 12.6. The molecule has 0 aromatic carbocycles. The van der Waals surface area contributed by atoms with E-state index in [1.807, 2.05) is 0 Å². The molecule has 0 saturated carbocycles. The first-order valence-electron chi connectivity index (χ1n) is 9.03. The molecule has 0 N–H and O–H groups in total. The van der Waals surface area contributed by atoms with Gasteiger partial charge in [0.15, 0.2) is 5.82 Å². The monoisotopic (exact) mass is 394 g/mol. The number of imide groups is 1. The van der Waals surface area contributed by atoms with E-state index in [2.05, 4.69) is 21.2 Å². The highest BCUT2D eigenvalue weighted by Gasteiger charge is 2.40. The molecule has 0 unspecified atom stereocenters. The van der Waals surface area contributed by atoms with Gasteiger partial charge in [0, 0.05) is 26.2 Å². The summed E-state index contributed by atoms with van der Waals surface area (Å²) in [6, 6.07) is 0.876. The van der Waals surface area contributed by atoms with Gasteiger partial charge >= 0.3 is 12.1 Å². The lowest BCUT2D eigenvalue weighted by Crippen LogP contribution is -2.54. The Labute approximate surface area is 157 Å². The molecule has 1 aromatic heterocycles. The van der Waals surface area contributed by atoms with Crippen LogP contribution in [0.2, 0.25) is 0 Å². The quantitative estimate of drug-likeness (QED) is 0.690. The van der Waals surface area contributed by atoms with Crippen molar-refractivity contribution in [2.24, 2.45) is 0 Å². The van der Waals surface area contributed by atoms with E-state index in [0.29, 0.717) is 26.2 Å². The van der Waals surface area contributed by atoms with Crippen molar-refractivity contribution < 1.29 is 18.0 Å². The zero-order valence-corrected chi connectivity index (χ0v) is 16.0. The molecule has 2 saturated heterocycles. The number of hydrogen-bond donors (Lipinski definition) is 0. The topological polar surface area (TPSA) is 107 Å². The van der Waals surface area contributed by atoms with Gasteiger partial charge < -0.3 is 9.80 Å². The number of piperazine rings is 1. The van der Waals surface area contributed by atoms with E-state index in [1.54, 1.807) is 4.90 Å². The zero-order chi connectivity index (χ0) is 19.2. The van der Waals surface area contributed by atoms with Crippen molar-refractivity contribution in [3.05, 3.63) is 17.3 Å². The number of urea groups is 2. The standard InChI is InChI=1S/C16H22N6O4S/c1-27(25,26)22-10-9-21(16(22)24)15(23)20-7-5-19(6-8-20)14-11-12-3-2-4-13(12)17-18-14/h11H,2-10H2,1H3. The van der Waals surface area contributed by atoms with Gasteiger partial charge in [-0.3, -0.25) is 0 Å². The van der Waals surface area contributed by atoms with Gasteiger partial charge in [0.1, 0.15) is 0 Å². The van der Waals surface area contributed by atoms with Crippen LogP contribution in [-0.2, 0) is 22.9 Å². The maximum Gasteiger partial charge on any atom is 0.341 e. The maximum atomic E-state index is 12.6. The Balaban J connectivity index is 1.38. The second-order valence-electron chi connectivity index (χ2n) is 7.05. The average molecular weight is 394 g/mol. The first-order valence-corrected chi connectivity index (χ1v) is 10.9. The lowest BCUT2D eigenvalue weighted by atomic mass is 10.2. The minimum absolute atomic E-state index is 0.00802. The number of rotatable bonds is 2. The van der Waals surface area contributed by atoms with E-state index in [9.17, 15) is 18.0 Å². The molecular formula is C16H22N6O4S. The molecule has 3 aliphatic rings. The predicted octanol–water partition coefficient (Wildman–Crippen LogP) is -0.0955. The Morgan fingerprint density at radius 3 is 2.44 bits per heavy atom. The van der Waals surface area contributed by atoms with Gasteiger partial charge in [-0.05, 0) is 30.9 Å². The molecule has 2 fully saturated rings. The van der Waals surface area contributed by atoms with Gasteiger partial charge in [-0.1, -0.05) is 0 Å². The third-order valence-corrected chi connectivity index (χ3v) is 6.42. The number of sulfonamides is 1. The number of carbonyl (C=O) groups is 2. The summed E-state index contributed by atoms with van der Waals surface area (Å²) in [4.78, 5) is 29.5. The molecule has 1 aromatic rings. The van der Waals surface area contributed by atoms with Crippen molar-refractivity contribution in [3.63, 3.8) is 0 Å². The summed E-state index contributed by atoms with van der Waals surface area (Å²) in [5, 5.41) is 8.61. The highest BCUT2D eigenvalue weighted by atomic mass is 32.2. The summed E-state index contributed by atoms with van der Waals surface area (Å²) in [5.41, 5.74) is 2.33. The molecule has 4 amide bonds. The lowest BCUT2D eigenvalue weighted by Gasteiger charge is -2.36. The van der Waals surface area contributed by atoms with Crippen LogP contribution in [0.15, 0.2) is 6.07 Å². The lowest BCUT2D eigenvalue weighted by molar-refractivity contribution is 0.159. The van der Waals surface area contributed by atoms with Crippen molar-refractivity contribution in [2.45, 2.75) is 19.3 Å². The SMILES string of the molecule is CS(=O)(=O)N1CCN(C(=O)N2CCN(c3cc4c(nn3)CCC4)CC2)C1=O. The number of aryl methyl sites for hydroxylation is 2. The number of anilines is 1. The van der Waals surface area contributed by atoms with Gasteiger partial charge in [0.25, 0.3) is 0 Å². The summed E-state index contributed by atoms with van der Waals surface area (Å²) in [6.07, 6.45) is 4.10. The van der Waals surface area contributed by atoms with Crippen LogP contribution in [-0.4, -0.2) is 90.3 Å². The molecule has 0 spiro atoms. The highest BCUT2D eigenvalue weighted by molar-refractivity contribution is 7.88. The average Bonchev–Trinajstić information content (AvgIpc) is 3.26. The van der Waals surface area contributed by atoms with Crippen molar-refractivity contribution in [1.82, 2.24) is 24.3 Å². The smallest absolute Gasteiger partial charge is 0.341 e. The number of aromatic nitrogens is 2. The molecule has 4 rings (SSSR count). The van der Waals surface area contributed by atoms with Gasteiger partial charge in [0.2, 0.25) is 10.0 Å². The summed E-state index contributed by atoms with van der Waals surface area (Å²) in [7, 11) is -3.65. The predicted molar refractivity (Wildman–Crippen MR) is 96.9 cm³/mol. The molecule has 2 aliphatic heterocycles. The molecule has 1 aliphatic carbocycles. The number of carbonyl (C=O) groups excluding carboxylic acids is 2. The van der Waals surface area contributed by atoms with Gasteiger partial charge in [-0.25, -0.2) is 27.2 Å². The van der Waals surface area contributed by atoms with Crippen LogP contribution in [0.3, 0.4) is 0 Å². The third-order valence-electron chi connectivity index (χ3n) is 5.28. The molecule has 0 bridgehead atoms. The summed E-state index contributed by atoms with van der Waals surface area (Å²) < 4.78 is 23.9. The number of fused-ring (bicyclic) bond motifs is 1. The molecular weight excluding hydrogens is 372 g/mol. The minimum Gasteiger partial charge on any atom is -0.352 e. The second kappa shape index (κ2) is 6.63. The normalized spacial score (nSPS) is 20.4. The fourth-order valence-corrected chi connectivity index (χ4v) is 4.57. The summed E-state index contributed by atoms with van der Waals surface area (Å²) in [6.45, 7) is 2.17. The van der Waals surface area contributed by atoms with Crippen molar-refractivity contribution in [2.75, 3.05) is 50.4 Å². The highest BCUT2D eigenvalue weighted by Crippen LogP contribution is 2.24. The van der Waals surface area contributed by atoms with E-state index in [-0.39, 0.29) is 13.1 Å². The minimum atomic E-state index is -3.65. The van der Waals surface area contributed by atoms with Crippen LogP contribution < -0.4 is 4.90 Å². The third kappa shape index (κ3) is 3.31. The van der Waals surface area contributed by atoms with E-state index in [0.717, 1.165) is 46.2 Å². The van der Waals surface area contributed by atoms with Crippen LogP contribution in [0.4, 0.5) is 15.4 Å². The Morgan fingerprint density at radius 1 is 1.04 bits per heavy atom. The van der Waals surface area contributed by atoms with Gasteiger partial charge in [0.05, 0.1) is 25.0 Å². The van der Waals surface area contributed by atoms with E-state index in [4.69, 9.17) is 0 Å². The van der Waals surface area contributed by atoms with Crippen LogP contribution in [0, 0.1) is 0 Å². The van der Waals surface area contributed by atoms with Crippen molar-refractivity contribution in [3.8, 4) is 0 Å². The van der Waals surface area contributed by atoms with Gasteiger partial charge in [-0.2, -0.15) is 5.10 Å². The van der Waals surface area contributed by atoms with Crippen molar-refractivity contribution in [1.29, 1.82) is 0 Å². The Kier molecular flexibility index (Phi) is 4.41. The fraction of sp³-hybridized carbons (Fsp3) is 0.625. The van der Waals surface area contributed by atoms with Crippen LogP contribution in [0.5, 0.6) is 0 Å². The number of hydrogen-bond acceptors (Lipinski definition) is 7. The Hall–Kier alpha value is -2.43. The molecule has 3 heterocycles. The van der Waals surface area contributed by atoms with Crippen LogP contribution >= 0.6 is 0 Å². The summed E-state index contributed by atoms with van der Waals surface area (Å²) >= 11 is 0. The van der Waals surface area contributed by atoms with Crippen LogP contribution in [0.25, 0.3) is 0 Å². The zero-order valence-electron chi connectivity index (χ0n) is 15.2. The second-order valence-corrected chi connectivity index (χ2v) is 8.96. The Bertz CT molecular complexity index is 881.